The number of aliphatic hydroxyl groups is 1. The molecule has 228 valence electrons. The van der Waals surface area contributed by atoms with Crippen LogP contribution in [0, 0.1) is 11.2 Å². The third-order valence-corrected chi connectivity index (χ3v) is 10.4. The van der Waals surface area contributed by atoms with Crippen LogP contribution in [0.4, 0.5) is 4.39 Å². The van der Waals surface area contributed by atoms with E-state index in [2.05, 4.69) is 20.9 Å². The van der Waals surface area contributed by atoms with Crippen molar-refractivity contribution in [1.29, 1.82) is 0 Å². The first kappa shape index (κ1) is 30.5. The zero-order chi connectivity index (χ0) is 28.9. The standard InChI is InChI=1S/C31H46ClFN4O4/c32-25-10-9-24(17-26(25)33)41-21-28(39)36-30-11-13-31(14-12-30,27(38)18-30)29(40)35-19-22-20-37(16-15-34-22)23-7-5-3-1-2-4-6-8-23/h9-10,17,22-23,27,34,38H,1-8,11-16,18-21H2,(H,35,40)(H,36,39). The lowest BCUT2D eigenvalue weighted by Gasteiger charge is -2.55. The van der Waals surface area contributed by atoms with Crippen molar-refractivity contribution in [3.05, 3.63) is 29.0 Å². The van der Waals surface area contributed by atoms with Crippen LogP contribution in [0.15, 0.2) is 18.2 Å². The van der Waals surface area contributed by atoms with Gasteiger partial charge in [-0.15, -0.1) is 0 Å². The quantitative estimate of drug-likeness (QED) is 0.365. The summed E-state index contributed by atoms with van der Waals surface area (Å²) in [7, 11) is 0. The third kappa shape index (κ3) is 7.35. The second-order valence-corrected chi connectivity index (χ2v) is 13.2. The van der Waals surface area contributed by atoms with Crippen molar-refractivity contribution in [2.45, 2.75) is 107 Å². The summed E-state index contributed by atoms with van der Waals surface area (Å²) in [5, 5.41) is 21.0. The van der Waals surface area contributed by atoms with Gasteiger partial charge in [0.2, 0.25) is 5.91 Å². The van der Waals surface area contributed by atoms with Gasteiger partial charge in [0.15, 0.2) is 6.61 Å². The van der Waals surface area contributed by atoms with Crippen molar-refractivity contribution in [2.75, 3.05) is 32.8 Å². The average Bonchev–Trinajstić information content (AvgIpc) is 3.11. The van der Waals surface area contributed by atoms with Gasteiger partial charge in [0, 0.05) is 49.9 Å². The fourth-order valence-corrected chi connectivity index (χ4v) is 7.68. The van der Waals surface area contributed by atoms with Crippen LogP contribution in [0.1, 0.15) is 83.5 Å². The molecule has 0 aromatic heterocycles. The van der Waals surface area contributed by atoms with Crippen molar-refractivity contribution >= 4 is 23.4 Å². The Morgan fingerprint density at radius 3 is 2.49 bits per heavy atom. The molecule has 2 amide bonds. The van der Waals surface area contributed by atoms with Crippen LogP contribution in [0.3, 0.4) is 0 Å². The molecular formula is C31H46ClFN4O4. The fraction of sp³-hybridized carbons (Fsp3) is 0.742. The van der Waals surface area contributed by atoms with Gasteiger partial charge in [0.1, 0.15) is 11.6 Å². The molecule has 1 aliphatic heterocycles. The van der Waals surface area contributed by atoms with E-state index in [-0.39, 0.29) is 35.2 Å². The number of hydrogen-bond donors (Lipinski definition) is 4. The number of carbonyl (C=O) groups excluding carboxylic acids is 2. The van der Waals surface area contributed by atoms with E-state index in [0.29, 0.717) is 44.7 Å². The normalized spacial score (nSPS) is 31.5. The predicted octanol–water partition coefficient (Wildman–Crippen LogP) is 3.93. The molecular weight excluding hydrogens is 547 g/mol. The van der Waals surface area contributed by atoms with Crippen LogP contribution < -0.4 is 20.7 Å². The lowest BCUT2D eigenvalue weighted by atomic mass is 9.55. The number of aliphatic hydroxyl groups excluding tert-OH is 1. The molecule has 2 bridgehead atoms. The van der Waals surface area contributed by atoms with Gasteiger partial charge in [0.05, 0.1) is 16.5 Å². The van der Waals surface area contributed by atoms with E-state index in [1.165, 1.54) is 63.5 Å². The molecule has 41 heavy (non-hydrogen) atoms. The molecule has 5 fully saturated rings. The third-order valence-electron chi connectivity index (χ3n) is 10.1. The molecule has 2 unspecified atom stereocenters. The molecule has 0 spiro atoms. The van der Waals surface area contributed by atoms with E-state index in [0.717, 1.165) is 25.7 Å². The average molecular weight is 593 g/mol. The minimum absolute atomic E-state index is 0.0101. The number of benzene rings is 1. The largest absolute Gasteiger partial charge is 0.484 e. The minimum atomic E-state index is -0.828. The number of ether oxygens (including phenoxy) is 1. The topological polar surface area (TPSA) is 103 Å². The number of amides is 2. The SMILES string of the molecule is O=C(COc1ccc(Cl)c(F)c1)NC12CCC(C(=O)NCC3CN(C4CCCCCCCC4)CCN3)(CC1)C(O)C2. The Hall–Kier alpha value is -1.94. The van der Waals surface area contributed by atoms with Gasteiger partial charge >= 0.3 is 0 Å². The van der Waals surface area contributed by atoms with Crippen LogP contribution in [-0.4, -0.2) is 78.3 Å². The van der Waals surface area contributed by atoms with Gasteiger partial charge in [-0.1, -0.05) is 50.1 Å². The molecule has 8 nitrogen and oxygen atoms in total. The number of carbonyl (C=O) groups is 2. The number of hydrogen-bond acceptors (Lipinski definition) is 6. The zero-order valence-electron chi connectivity index (χ0n) is 24.1. The molecule has 4 aliphatic carbocycles. The van der Waals surface area contributed by atoms with Crippen molar-refractivity contribution in [2.24, 2.45) is 5.41 Å². The van der Waals surface area contributed by atoms with Gasteiger partial charge < -0.3 is 25.8 Å². The highest BCUT2D eigenvalue weighted by molar-refractivity contribution is 6.30. The number of halogens is 2. The van der Waals surface area contributed by atoms with Gasteiger partial charge in [-0.05, 0) is 57.1 Å². The summed E-state index contributed by atoms with van der Waals surface area (Å²) in [5.74, 6) is -0.793. The highest BCUT2D eigenvalue weighted by Crippen LogP contribution is 2.52. The first-order chi connectivity index (χ1) is 19.8. The molecule has 0 radical (unpaired) electrons. The van der Waals surface area contributed by atoms with E-state index < -0.39 is 22.9 Å². The van der Waals surface area contributed by atoms with Crippen LogP contribution >= 0.6 is 11.6 Å². The second kappa shape index (κ2) is 13.6. The summed E-state index contributed by atoms with van der Waals surface area (Å²) in [6.07, 6.45) is 12.4. The number of fused-ring (bicyclic) bond motifs is 3. The van der Waals surface area contributed by atoms with Gasteiger partial charge in [0.25, 0.3) is 5.91 Å². The molecule has 4 N–H and O–H groups in total. The molecule has 1 aromatic rings. The van der Waals surface area contributed by atoms with E-state index >= 15 is 0 Å². The molecule has 1 heterocycles. The number of nitrogens with zero attached hydrogens (tertiary/aromatic N) is 1. The monoisotopic (exact) mass is 592 g/mol. The summed E-state index contributed by atoms with van der Waals surface area (Å²) in [5.41, 5.74) is -1.37. The molecule has 1 saturated heterocycles. The predicted molar refractivity (Wildman–Crippen MR) is 156 cm³/mol. The van der Waals surface area contributed by atoms with Crippen molar-refractivity contribution in [3.63, 3.8) is 0 Å². The maximum atomic E-state index is 13.7. The lowest BCUT2D eigenvalue weighted by Crippen LogP contribution is -2.66. The lowest BCUT2D eigenvalue weighted by molar-refractivity contribution is -0.156. The van der Waals surface area contributed by atoms with Crippen molar-refractivity contribution in [3.8, 4) is 5.75 Å². The van der Waals surface area contributed by atoms with Gasteiger partial charge in [-0.25, -0.2) is 4.39 Å². The summed E-state index contributed by atoms with van der Waals surface area (Å²) in [4.78, 5) is 28.8. The number of rotatable bonds is 8. The Morgan fingerprint density at radius 2 is 1.80 bits per heavy atom. The van der Waals surface area contributed by atoms with Crippen molar-refractivity contribution < 1.29 is 23.8 Å². The minimum Gasteiger partial charge on any atom is -0.484 e. The number of nitrogens with one attached hydrogen (secondary N) is 3. The highest BCUT2D eigenvalue weighted by Gasteiger charge is 2.58. The van der Waals surface area contributed by atoms with Crippen molar-refractivity contribution in [1.82, 2.24) is 20.9 Å². The van der Waals surface area contributed by atoms with E-state index in [9.17, 15) is 19.1 Å². The summed E-state index contributed by atoms with van der Waals surface area (Å²) >= 11 is 5.70. The molecule has 1 aromatic carbocycles. The van der Waals surface area contributed by atoms with Crippen LogP contribution in [0.2, 0.25) is 5.02 Å². The summed E-state index contributed by atoms with van der Waals surface area (Å²) < 4.78 is 19.1. The van der Waals surface area contributed by atoms with Gasteiger partial charge in [-0.3, -0.25) is 14.5 Å². The Kier molecular flexibility index (Phi) is 10.1. The Bertz CT molecular complexity index is 1060. The van der Waals surface area contributed by atoms with E-state index in [1.807, 2.05) is 0 Å². The Labute approximate surface area is 248 Å². The van der Waals surface area contributed by atoms with E-state index in [4.69, 9.17) is 16.3 Å². The molecule has 2 atom stereocenters. The first-order valence-corrected chi connectivity index (χ1v) is 16.0. The zero-order valence-corrected chi connectivity index (χ0v) is 24.8. The molecule has 6 rings (SSSR count). The van der Waals surface area contributed by atoms with Crippen LogP contribution in [0.5, 0.6) is 5.75 Å². The maximum absolute atomic E-state index is 13.7. The van der Waals surface area contributed by atoms with E-state index in [1.54, 1.807) is 0 Å². The van der Waals surface area contributed by atoms with Crippen LogP contribution in [-0.2, 0) is 9.59 Å². The second-order valence-electron chi connectivity index (χ2n) is 12.8. The van der Waals surface area contributed by atoms with Gasteiger partial charge in [-0.2, -0.15) is 0 Å². The fourth-order valence-electron chi connectivity index (χ4n) is 7.57. The first-order valence-electron chi connectivity index (χ1n) is 15.6. The molecule has 10 heteroatoms. The molecule has 4 saturated carbocycles. The smallest absolute Gasteiger partial charge is 0.258 e. The number of piperazine rings is 1. The summed E-state index contributed by atoms with van der Waals surface area (Å²) in [6, 6.07) is 4.88. The highest BCUT2D eigenvalue weighted by atomic mass is 35.5. The summed E-state index contributed by atoms with van der Waals surface area (Å²) in [6.45, 7) is 3.23. The Morgan fingerprint density at radius 1 is 1.10 bits per heavy atom. The van der Waals surface area contributed by atoms with Crippen LogP contribution in [0.25, 0.3) is 0 Å². The maximum Gasteiger partial charge on any atom is 0.258 e. The Balaban J connectivity index is 1.09. The molecule has 5 aliphatic rings.